The van der Waals surface area contributed by atoms with Gasteiger partial charge in [0, 0.05) is 11.1 Å². The second kappa shape index (κ2) is 6.93. The van der Waals surface area contributed by atoms with E-state index in [2.05, 4.69) is 0 Å². The van der Waals surface area contributed by atoms with Crippen LogP contribution in [0.3, 0.4) is 0 Å². The number of carbonyl (C=O) groups excluding carboxylic acids is 4. The van der Waals surface area contributed by atoms with Crippen LogP contribution in [-0.2, 0) is 5.41 Å². The Balaban J connectivity index is 2.43. The normalized spacial score (nSPS) is 14.3. The Morgan fingerprint density at radius 3 is 1.87 bits per heavy atom. The summed E-state index contributed by atoms with van der Waals surface area (Å²) < 4.78 is 85.2. The highest BCUT2D eigenvalue weighted by Gasteiger charge is 2.72. The maximum absolute atomic E-state index is 14.2. The van der Waals surface area contributed by atoms with Gasteiger partial charge in [-0.05, 0) is 35.4 Å². The number of rotatable bonds is 4. The van der Waals surface area contributed by atoms with Crippen molar-refractivity contribution in [1.82, 2.24) is 5.32 Å². The molecule has 0 aliphatic carbocycles. The molecule has 3 N–H and O–H groups in total. The molecule has 3 amide bonds. The molecule has 0 fully saturated rings. The minimum atomic E-state index is -6.01. The summed E-state index contributed by atoms with van der Waals surface area (Å²) in [5.41, 5.74) is -4.91. The lowest BCUT2D eigenvalue weighted by molar-refractivity contribution is -0.288. The van der Waals surface area contributed by atoms with Crippen molar-refractivity contribution in [2.24, 2.45) is 5.73 Å². The molecule has 0 aromatic heterocycles. The van der Waals surface area contributed by atoms with E-state index in [0.717, 1.165) is 0 Å². The maximum Gasteiger partial charge on any atom is 0.411 e. The Morgan fingerprint density at radius 1 is 0.839 bits per heavy atom. The standard InChI is InChI=1S/C19H10F6N2O4/c20-18(21,22)17(19(23,24)25,9-1-3-11(14(26)29)8(5-9)7-28)10-2-4-12-13(6-10)16(31)27-15(12)30/h1-7H,(H2,26,29)(H,27,30,31). The van der Waals surface area contributed by atoms with Gasteiger partial charge in [0.15, 0.2) is 6.29 Å². The number of nitrogens with one attached hydrogen (secondary N) is 1. The van der Waals surface area contributed by atoms with Crippen LogP contribution in [0.5, 0.6) is 0 Å². The summed E-state index contributed by atoms with van der Waals surface area (Å²) in [6.45, 7) is 0. The van der Waals surface area contributed by atoms with Gasteiger partial charge in [-0.3, -0.25) is 24.5 Å². The molecule has 1 aliphatic heterocycles. The molecule has 0 spiro atoms. The first-order valence-corrected chi connectivity index (χ1v) is 8.29. The van der Waals surface area contributed by atoms with Crippen molar-refractivity contribution < 1.29 is 45.5 Å². The van der Waals surface area contributed by atoms with Crippen LogP contribution in [0.4, 0.5) is 26.3 Å². The van der Waals surface area contributed by atoms with Gasteiger partial charge in [-0.25, -0.2) is 0 Å². The summed E-state index contributed by atoms with van der Waals surface area (Å²) in [6.07, 6.45) is -12.1. The summed E-state index contributed by atoms with van der Waals surface area (Å²) in [5.74, 6) is -3.35. The molecule has 6 nitrogen and oxygen atoms in total. The SMILES string of the molecule is NC(=O)c1ccc(C(c2ccc3c(c2)C(=O)NC3=O)(C(F)(F)F)C(F)(F)F)cc1C=O. The van der Waals surface area contributed by atoms with Crippen molar-refractivity contribution in [3.8, 4) is 0 Å². The molecule has 0 saturated heterocycles. The summed E-state index contributed by atoms with van der Waals surface area (Å²) in [7, 11) is 0. The van der Waals surface area contributed by atoms with Gasteiger partial charge in [0.05, 0.1) is 11.1 Å². The topological polar surface area (TPSA) is 106 Å². The number of hydrogen-bond donors (Lipinski definition) is 2. The first-order chi connectivity index (χ1) is 14.3. The molecule has 0 bridgehead atoms. The molecule has 12 heteroatoms. The van der Waals surface area contributed by atoms with Gasteiger partial charge in [0.1, 0.15) is 0 Å². The van der Waals surface area contributed by atoms with Gasteiger partial charge in [-0.1, -0.05) is 12.1 Å². The van der Waals surface area contributed by atoms with Gasteiger partial charge < -0.3 is 5.73 Å². The maximum atomic E-state index is 14.2. The fourth-order valence-electron chi connectivity index (χ4n) is 3.50. The molecule has 31 heavy (non-hydrogen) atoms. The minimum absolute atomic E-state index is 0.101. The van der Waals surface area contributed by atoms with Crippen molar-refractivity contribution in [2.75, 3.05) is 0 Å². The van der Waals surface area contributed by atoms with Gasteiger partial charge >= 0.3 is 12.4 Å². The van der Waals surface area contributed by atoms with E-state index in [1.54, 1.807) is 5.32 Å². The van der Waals surface area contributed by atoms with Crippen LogP contribution < -0.4 is 11.1 Å². The Morgan fingerprint density at radius 2 is 1.35 bits per heavy atom. The van der Waals surface area contributed by atoms with E-state index in [4.69, 9.17) is 5.73 Å². The van der Waals surface area contributed by atoms with E-state index in [9.17, 15) is 45.5 Å². The van der Waals surface area contributed by atoms with Crippen LogP contribution >= 0.6 is 0 Å². The van der Waals surface area contributed by atoms with Gasteiger partial charge in [-0.2, -0.15) is 26.3 Å². The zero-order valence-corrected chi connectivity index (χ0v) is 15.0. The molecule has 2 aromatic rings. The Labute approximate surface area is 169 Å². The van der Waals surface area contributed by atoms with Crippen LogP contribution in [0, 0.1) is 0 Å². The predicted octanol–water partition coefficient (Wildman–Crippen LogP) is 2.89. The van der Waals surface area contributed by atoms with Crippen molar-refractivity contribution in [3.05, 3.63) is 69.8 Å². The van der Waals surface area contributed by atoms with Crippen LogP contribution in [-0.4, -0.2) is 36.4 Å². The van der Waals surface area contributed by atoms with Crippen LogP contribution in [0.1, 0.15) is 52.6 Å². The highest BCUT2D eigenvalue weighted by atomic mass is 19.4. The van der Waals surface area contributed by atoms with Crippen molar-refractivity contribution in [1.29, 1.82) is 0 Å². The molecule has 0 radical (unpaired) electrons. The molecule has 0 unspecified atom stereocenters. The molecule has 3 rings (SSSR count). The second-order valence-electron chi connectivity index (χ2n) is 6.57. The monoisotopic (exact) mass is 444 g/mol. The third-order valence-electron chi connectivity index (χ3n) is 4.90. The summed E-state index contributed by atoms with van der Waals surface area (Å²) in [4.78, 5) is 46.0. The van der Waals surface area contributed by atoms with Crippen molar-refractivity contribution >= 4 is 24.0 Å². The highest BCUT2D eigenvalue weighted by Crippen LogP contribution is 2.56. The fourth-order valence-corrected chi connectivity index (χ4v) is 3.50. The second-order valence-corrected chi connectivity index (χ2v) is 6.57. The fraction of sp³-hybridized carbons (Fsp3) is 0.158. The lowest BCUT2D eigenvalue weighted by Crippen LogP contribution is -2.55. The van der Waals surface area contributed by atoms with Gasteiger partial charge in [0.2, 0.25) is 11.3 Å². The number of hydrogen-bond acceptors (Lipinski definition) is 4. The summed E-state index contributed by atoms with van der Waals surface area (Å²) in [6, 6.07) is 2.67. The number of amides is 3. The quantitative estimate of drug-likeness (QED) is 0.430. The molecule has 0 saturated carbocycles. The van der Waals surface area contributed by atoms with Crippen LogP contribution in [0.2, 0.25) is 0 Å². The van der Waals surface area contributed by atoms with Gasteiger partial charge in [-0.15, -0.1) is 0 Å². The largest absolute Gasteiger partial charge is 0.411 e. The minimum Gasteiger partial charge on any atom is -0.366 e. The van der Waals surface area contributed by atoms with Crippen LogP contribution in [0.15, 0.2) is 36.4 Å². The lowest BCUT2D eigenvalue weighted by Gasteiger charge is -2.38. The molecule has 1 heterocycles. The third kappa shape index (κ3) is 3.14. The highest BCUT2D eigenvalue weighted by molar-refractivity contribution is 6.21. The van der Waals surface area contributed by atoms with E-state index < -0.39 is 63.3 Å². The van der Waals surface area contributed by atoms with Crippen molar-refractivity contribution in [2.45, 2.75) is 17.8 Å². The third-order valence-corrected chi connectivity index (χ3v) is 4.90. The first-order valence-electron chi connectivity index (χ1n) is 8.29. The molecule has 1 aliphatic rings. The molecule has 2 aromatic carbocycles. The number of fused-ring (bicyclic) bond motifs is 1. The number of benzene rings is 2. The average Bonchev–Trinajstić information content (AvgIpc) is 2.93. The smallest absolute Gasteiger partial charge is 0.366 e. The zero-order valence-electron chi connectivity index (χ0n) is 15.0. The number of nitrogens with two attached hydrogens (primary N) is 1. The number of alkyl halides is 6. The molecule has 0 atom stereocenters. The Bertz CT molecular complexity index is 1120. The summed E-state index contributed by atoms with van der Waals surface area (Å²) >= 11 is 0. The number of aldehydes is 1. The van der Waals surface area contributed by atoms with E-state index in [1.165, 1.54) is 0 Å². The zero-order chi connectivity index (χ0) is 23.4. The average molecular weight is 444 g/mol. The van der Waals surface area contributed by atoms with E-state index in [1.807, 2.05) is 0 Å². The van der Waals surface area contributed by atoms with Crippen molar-refractivity contribution in [3.63, 3.8) is 0 Å². The van der Waals surface area contributed by atoms with E-state index >= 15 is 0 Å². The van der Waals surface area contributed by atoms with Gasteiger partial charge in [0.25, 0.3) is 11.8 Å². The summed E-state index contributed by atoms with van der Waals surface area (Å²) in [5, 5.41) is 1.78. The molecular weight excluding hydrogens is 434 g/mol. The van der Waals surface area contributed by atoms with Crippen LogP contribution in [0.25, 0.3) is 0 Å². The Kier molecular flexibility index (Phi) is 4.91. The number of halogens is 6. The predicted molar refractivity (Wildman–Crippen MR) is 91.5 cm³/mol. The number of carbonyl (C=O) groups is 4. The van der Waals surface area contributed by atoms with E-state index in [0.29, 0.717) is 30.3 Å². The number of primary amides is 1. The number of imide groups is 1. The first kappa shape index (κ1) is 22.0. The molecule has 162 valence electrons. The lowest BCUT2D eigenvalue weighted by atomic mass is 9.71. The van der Waals surface area contributed by atoms with E-state index in [-0.39, 0.29) is 17.9 Å². The molecular formula is C19H10F6N2O4. The Hall–Kier alpha value is -3.70.